The van der Waals surface area contributed by atoms with Gasteiger partial charge in [0.25, 0.3) is 0 Å². The molecule has 5 nitrogen and oxygen atoms in total. The smallest absolute Gasteiger partial charge is 0.191 e. The van der Waals surface area contributed by atoms with Crippen molar-refractivity contribution >= 4 is 39.8 Å². The van der Waals surface area contributed by atoms with Crippen molar-refractivity contribution in [2.45, 2.75) is 59.4 Å². The van der Waals surface area contributed by atoms with E-state index in [9.17, 15) is 8.42 Å². The average Bonchev–Trinajstić information content (AvgIpc) is 2.33. The highest BCUT2D eigenvalue weighted by Crippen LogP contribution is 2.08. The lowest BCUT2D eigenvalue weighted by Crippen LogP contribution is -2.42. The summed E-state index contributed by atoms with van der Waals surface area (Å²) in [5.74, 6) is 1.72. The van der Waals surface area contributed by atoms with Gasteiger partial charge in [-0.15, -0.1) is 24.0 Å². The standard InChI is InChI=1S/C15H33N3O2S.HI/c1-6-16-15(17-11-8-12-21(5,19)20)18-14(4)10-7-9-13(2)3;/h13-14H,6-12H2,1-5H3,(H2,16,17,18);1H. The first-order valence-corrected chi connectivity index (χ1v) is 10.0. The van der Waals surface area contributed by atoms with E-state index in [0.717, 1.165) is 24.8 Å². The highest BCUT2D eigenvalue weighted by molar-refractivity contribution is 14.0. The second-order valence-electron chi connectivity index (χ2n) is 6.11. The van der Waals surface area contributed by atoms with Gasteiger partial charge in [-0.1, -0.05) is 26.7 Å². The van der Waals surface area contributed by atoms with Crippen molar-refractivity contribution in [2.24, 2.45) is 10.9 Å². The van der Waals surface area contributed by atoms with Crippen molar-refractivity contribution in [1.82, 2.24) is 10.6 Å². The second-order valence-corrected chi connectivity index (χ2v) is 8.37. The molecule has 1 atom stereocenters. The maximum Gasteiger partial charge on any atom is 0.191 e. The topological polar surface area (TPSA) is 70.6 Å². The van der Waals surface area contributed by atoms with E-state index in [1.165, 1.54) is 19.1 Å². The van der Waals surface area contributed by atoms with Crippen LogP contribution in [0.5, 0.6) is 0 Å². The minimum atomic E-state index is -2.89. The largest absolute Gasteiger partial charge is 0.357 e. The summed E-state index contributed by atoms with van der Waals surface area (Å²) in [7, 11) is -2.89. The molecule has 0 heterocycles. The molecule has 1 unspecified atom stereocenters. The molecule has 0 saturated heterocycles. The van der Waals surface area contributed by atoms with Crippen LogP contribution in [0.1, 0.15) is 53.4 Å². The fraction of sp³-hybridized carbons (Fsp3) is 0.933. The molecule has 0 saturated carbocycles. The predicted octanol–water partition coefficient (Wildman–Crippen LogP) is 2.81. The lowest BCUT2D eigenvalue weighted by Gasteiger charge is -2.18. The van der Waals surface area contributed by atoms with Gasteiger partial charge in [0.1, 0.15) is 9.84 Å². The molecule has 0 aliphatic rings. The van der Waals surface area contributed by atoms with E-state index < -0.39 is 9.84 Å². The molecule has 0 spiro atoms. The number of hydrogen-bond acceptors (Lipinski definition) is 3. The van der Waals surface area contributed by atoms with Gasteiger partial charge in [0.2, 0.25) is 0 Å². The van der Waals surface area contributed by atoms with Crippen molar-refractivity contribution in [3.05, 3.63) is 0 Å². The van der Waals surface area contributed by atoms with Crippen LogP contribution >= 0.6 is 24.0 Å². The van der Waals surface area contributed by atoms with Crippen LogP contribution in [0.25, 0.3) is 0 Å². The zero-order chi connectivity index (χ0) is 16.3. The Hall–Kier alpha value is -0.0500. The number of guanidine groups is 1. The highest BCUT2D eigenvalue weighted by Gasteiger charge is 2.06. The highest BCUT2D eigenvalue weighted by atomic mass is 127. The Morgan fingerprint density at radius 3 is 2.27 bits per heavy atom. The SMILES string of the molecule is CCNC(=NCCCS(C)(=O)=O)NC(C)CCCC(C)C.I. The fourth-order valence-corrected chi connectivity index (χ4v) is 2.63. The van der Waals surface area contributed by atoms with E-state index in [-0.39, 0.29) is 29.7 Å². The summed E-state index contributed by atoms with van der Waals surface area (Å²) in [6.07, 6.45) is 5.40. The van der Waals surface area contributed by atoms with Crippen LogP contribution in [0.4, 0.5) is 0 Å². The minimum Gasteiger partial charge on any atom is -0.357 e. The van der Waals surface area contributed by atoms with Crippen LogP contribution < -0.4 is 10.6 Å². The van der Waals surface area contributed by atoms with Gasteiger partial charge in [0.05, 0.1) is 5.75 Å². The summed E-state index contributed by atoms with van der Waals surface area (Å²) in [6.45, 7) is 10.00. The second kappa shape index (κ2) is 13.4. The Morgan fingerprint density at radius 2 is 1.77 bits per heavy atom. The number of rotatable bonds is 10. The van der Waals surface area contributed by atoms with E-state index in [1.807, 2.05) is 6.92 Å². The van der Waals surface area contributed by atoms with E-state index >= 15 is 0 Å². The number of nitrogens with zero attached hydrogens (tertiary/aromatic N) is 1. The Labute approximate surface area is 154 Å². The number of sulfone groups is 1. The van der Waals surface area contributed by atoms with Gasteiger partial charge in [0, 0.05) is 25.4 Å². The average molecular weight is 447 g/mol. The van der Waals surface area contributed by atoms with E-state index in [2.05, 4.69) is 36.4 Å². The maximum absolute atomic E-state index is 11.1. The first-order chi connectivity index (χ1) is 9.74. The van der Waals surface area contributed by atoms with Gasteiger partial charge in [-0.3, -0.25) is 4.99 Å². The number of aliphatic imine (C=N–C) groups is 1. The van der Waals surface area contributed by atoms with E-state index in [4.69, 9.17) is 0 Å². The van der Waals surface area contributed by atoms with Gasteiger partial charge >= 0.3 is 0 Å². The Bertz CT molecular complexity index is 398. The maximum atomic E-state index is 11.1. The lowest BCUT2D eigenvalue weighted by atomic mass is 10.0. The van der Waals surface area contributed by atoms with Crippen molar-refractivity contribution < 1.29 is 8.42 Å². The van der Waals surface area contributed by atoms with Crippen LogP contribution in [0.2, 0.25) is 0 Å². The lowest BCUT2D eigenvalue weighted by molar-refractivity contribution is 0.491. The van der Waals surface area contributed by atoms with Gasteiger partial charge < -0.3 is 10.6 Å². The van der Waals surface area contributed by atoms with Crippen molar-refractivity contribution in [2.75, 3.05) is 25.1 Å². The molecular formula is C15H34IN3O2S. The molecule has 0 aliphatic carbocycles. The summed E-state index contributed by atoms with van der Waals surface area (Å²) in [6, 6.07) is 0.372. The monoisotopic (exact) mass is 447 g/mol. The summed E-state index contributed by atoms with van der Waals surface area (Å²) in [5, 5.41) is 6.58. The van der Waals surface area contributed by atoms with E-state index in [0.29, 0.717) is 19.0 Å². The van der Waals surface area contributed by atoms with Gasteiger partial charge in [-0.05, 0) is 32.6 Å². The molecule has 2 N–H and O–H groups in total. The van der Waals surface area contributed by atoms with Crippen molar-refractivity contribution in [3.8, 4) is 0 Å². The molecule has 0 aromatic carbocycles. The molecule has 0 radical (unpaired) electrons. The molecule has 22 heavy (non-hydrogen) atoms. The Balaban J connectivity index is 0. The third kappa shape index (κ3) is 16.3. The minimum absolute atomic E-state index is 0. The van der Waals surface area contributed by atoms with Gasteiger partial charge in [-0.25, -0.2) is 8.42 Å². The molecule has 0 aromatic rings. The molecule has 0 rings (SSSR count). The molecule has 134 valence electrons. The van der Waals surface area contributed by atoms with Crippen molar-refractivity contribution in [1.29, 1.82) is 0 Å². The molecule has 0 fully saturated rings. The van der Waals surface area contributed by atoms with E-state index in [1.54, 1.807) is 0 Å². The number of nitrogens with one attached hydrogen (secondary N) is 2. The Kier molecular flexibility index (Phi) is 14.7. The molecule has 7 heteroatoms. The molecule has 0 amide bonds. The molecular weight excluding hydrogens is 413 g/mol. The normalized spacial score (nSPS) is 13.6. The van der Waals surface area contributed by atoms with Crippen LogP contribution in [-0.2, 0) is 9.84 Å². The number of hydrogen-bond donors (Lipinski definition) is 2. The first kappa shape index (κ1) is 24.2. The molecule has 0 bridgehead atoms. The molecule has 0 aromatic heterocycles. The van der Waals surface area contributed by atoms with Crippen molar-refractivity contribution in [3.63, 3.8) is 0 Å². The zero-order valence-corrected chi connectivity index (χ0v) is 17.8. The van der Waals surface area contributed by atoms with Crippen LogP contribution in [0.15, 0.2) is 4.99 Å². The van der Waals surface area contributed by atoms with Crippen LogP contribution in [0.3, 0.4) is 0 Å². The number of halogens is 1. The third-order valence-corrected chi connectivity index (χ3v) is 4.12. The summed E-state index contributed by atoms with van der Waals surface area (Å²) in [5.41, 5.74) is 0. The third-order valence-electron chi connectivity index (χ3n) is 3.09. The van der Waals surface area contributed by atoms with Gasteiger partial charge in [-0.2, -0.15) is 0 Å². The van der Waals surface area contributed by atoms with Crippen LogP contribution in [0, 0.1) is 5.92 Å². The zero-order valence-electron chi connectivity index (χ0n) is 14.7. The predicted molar refractivity (Wildman–Crippen MR) is 107 cm³/mol. The Morgan fingerprint density at radius 1 is 1.14 bits per heavy atom. The van der Waals surface area contributed by atoms with Gasteiger partial charge in [0.15, 0.2) is 5.96 Å². The summed E-state index contributed by atoms with van der Waals surface area (Å²) in [4.78, 5) is 4.43. The quantitative estimate of drug-likeness (QED) is 0.234. The fourth-order valence-electron chi connectivity index (χ4n) is 1.98. The van der Waals surface area contributed by atoms with Crippen LogP contribution in [-0.4, -0.2) is 45.5 Å². The molecule has 0 aliphatic heterocycles. The summed E-state index contributed by atoms with van der Waals surface area (Å²) < 4.78 is 22.1. The first-order valence-electron chi connectivity index (χ1n) is 7.97. The summed E-state index contributed by atoms with van der Waals surface area (Å²) >= 11 is 0.